The van der Waals surface area contributed by atoms with Crippen LogP contribution in [0.1, 0.15) is 16.8 Å². The number of hydrogen-bond acceptors (Lipinski definition) is 6. The number of anilines is 1. The number of hydrogen-bond donors (Lipinski definition) is 0. The van der Waals surface area contributed by atoms with Gasteiger partial charge in [0.15, 0.2) is 11.0 Å². The van der Waals surface area contributed by atoms with Crippen LogP contribution in [0.3, 0.4) is 0 Å². The maximum atomic E-state index is 13.2. The summed E-state index contributed by atoms with van der Waals surface area (Å²) in [6.45, 7) is 0.948. The van der Waals surface area contributed by atoms with Crippen molar-refractivity contribution in [1.82, 2.24) is 0 Å². The molecule has 0 radical (unpaired) electrons. The van der Waals surface area contributed by atoms with Crippen molar-refractivity contribution < 1.29 is 14.3 Å². The molecule has 3 rings (SSSR count). The first-order chi connectivity index (χ1) is 13.5. The molecular formula is C20H21Br3N2O3S. The van der Waals surface area contributed by atoms with Crippen molar-refractivity contribution in [3.63, 3.8) is 0 Å². The number of Topliss-reactive ketones (excluding diaryl/α,β-unsaturated/α-hetero) is 1. The number of aliphatic imine (C=N–C) groups is 1. The van der Waals surface area contributed by atoms with Gasteiger partial charge in [0.2, 0.25) is 0 Å². The van der Waals surface area contributed by atoms with Crippen LogP contribution < -0.4 is 14.4 Å². The molecule has 2 aromatic rings. The smallest absolute Gasteiger partial charge is 0.186 e. The molecule has 0 fully saturated rings. The minimum absolute atomic E-state index is 0. The van der Waals surface area contributed by atoms with Crippen molar-refractivity contribution in [2.75, 3.05) is 38.0 Å². The van der Waals surface area contributed by atoms with Gasteiger partial charge in [-0.15, -0.1) is 17.0 Å². The van der Waals surface area contributed by atoms with E-state index in [4.69, 9.17) is 9.47 Å². The molecule has 0 N–H and O–H groups in total. The standard InChI is InChI=1S/C20H20Br2N2O3S.BrH/c1-26-18-11-19(27-2)16(22)10-15(18)17(25)12-24(20-23-8-3-9-28-20)14-6-4-13(21)5-7-14;/h4-7,10-11H,3,8-9,12H2,1-2H3;1H. The molecule has 156 valence electrons. The van der Waals surface area contributed by atoms with Gasteiger partial charge in [0.1, 0.15) is 11.5 Å². The lowest BCUT2D eigenvalue weighted by molar-refractivity contribution is 0.0999. The first kappa shape index (κ1) is 24.2. The van der Waals surface area contributed by atoms with Crippen LogP contribution in [0.5, 0.6) is 11.5 Å². The largest absolute Gasteiger partial charge is 0.496 e. The molecule has 0 saturated carbocycles. The molecule has 0 saturated heterocycles. The van der Waals surface area contributed by atoms with Crippen molar-refractivity contribution in [3.8, 4) is 11.5 Å². The lowest BCUT2D eigenvalue weighted by Gasteiger charge is -2.27. The SMILES string of the molecule is Br.COc1cc(OC)c(C(=O)CN(C2=NCCCS2)c2ccc(Br)cc2)cc1Br. The van der Waals surface area contributed by atoms with Crippen LogP contribution in [0.25, 0.3) is 0 Å². The molecular weight excluding hydrogens is 588 g/mol. The molecule has 29 heavy (non-hydrogen) atoms. The Labute approximate surface area is 202 Å². The fourth-order valence-corrected chi connectivity index (χ4v) is 4.54. The van der Waals surface area contributed by atoms with E-state index in [1.54, 1.807) is 38.1 Å². The second-order valence-electron chi connectivity index (χ2n) is 6.04. The second-order valence-corrected chi connectivity index (χ2v) is 8.87. The summed E-state index contributed by atoms with van der Waals surface area (Å²) in [4.78, 5) is 19.8. The third-order valence-electron chi connectivity index (χ3n) is 4.23. The Kier molecular flexibility index (Phi) is 9.52. The minimum atomic E-state index is -0.0583. The fraction of sp³-hybridized carbons (Fsp3) is 0.300. The molecule has 1 aliphatic heterocycles. The first-order valence-corrected chi connectivity index (χ1v) is 11.3. The van der Waals surface area contributed by atoms with Crippen molar-refractivity contribution in [2.24, 2.45) is 4.99 Å². The molecule has 0 aromatic heterocycles. The lowest BCUT2D eigenvalue weighted by atomic mass is 10.1. The second kappa shape index (κ2) is 11.4. The van der Waals surface area contributed by atoms with E-state index in [-0.39, 0.29) is 29.3 Å². The molecule has 5 nitrogen and oxygen atoms in total. The third kappa shape index (κ3) is 5.99. The van der Waals surface area contributed by atoms with E-state index in [9.17, 15) is 4.79 Å². The highest BCUT2D eigenvalue weighted by molar-refractivity contribution is 9.10. The molecule has 2 aromatic carbocycles. The maximum absolute atomic E-state index is 13.2. The Morgan fingerprint density at radius 2 is 1.83 bits per heavy atom. The monoisotopic (exact) mass is 606 g/mol. The number of nitrogens with zero attached hydrogens (tertiary/aromatic N) is 2. The van der Waals surface area contributed by atoms with Crippen LogP contribution in [0.15, 0.2) is 50.3 Å². The number of benzene rings is 2. The molecule has 0 amide bonds. The maximum Gasteiger partial charge on any atom is 0.186 e. The van der Waals surface area contributed by atoms with Gasteiger partial charge in [-0.1, -0.05) is 27.7 Å². The molecule has 0 unspecified atom stereocenters. The topological polar surface area (TPSA) is 51.1 Å². The molecule has 0 spiro atoms. The first-order valence-electron chi connectivity index (χ1n) is 8.68. The third-order valence-corrected chi connectivity index (χ3v) is 6.47. The van der Waals surface area contributed by atoms with E-state index in [1.165, 1.54) is 0 Å². The molecule has 0 atom stereocenters. The van der Waals surface area contributed by atoms with Crippen LogP contribution in [0.2, 0.25) is 0 Å². The van der Waals surface area contributed by atoms with Gasteiger partial charge in [-0.3, -0.25) is 9.79 Å². The van der Waals surface area contributed by atoms with E-state index in [0.29, 0.717) is 21.5 Å². The van der Waals surface area contributed by atoms with Crippen molar-refractivity contribution in [2.45, 2.75) is 6.42 Å². The molecule has 0 bridgehead atoms. The number of rotatable bonds is 6. The zero-order valence-corrected chi connectivity index (χ0v) is 21.7. The predicted molar refractivity (Wildman–Crippen MR) is 133 cm³/mol. The average molecular weight is 609 g/mol. The Balaban J connectivity index is 0.00000300. The fourth-order valence-electron chi connectivity index (χ4n) is 2.81. The highest BCUT2D eigenvalue weighted by Gasteiger charge is 2.23. The van der Waals surface area contributed by atoms with Crippen molar-refractivity contribution in [1.29, 1.82) is 0 Å². The van der Waals surface area contributed by atoms with E-state index in [0.717, 1.165) is 34.0 Å². The highest BCUT2D eigenvalue weighted by Crippen LogP contribution is 2.34. The van der Waals surface area contributed by atoms with Crippen LogP contribution in [0, 0.1) is 0 Å². The number of carbonyl (C=O) groups excluding carboxylic acids is 1. The van der Waals surface area contributed by atoms with Gasteiger partial charge in [-0.25, -0.2) is 0 Å². The Morgan fingerprint density at radius 1 is 1.14 bits per heavy atom. The summed E-state index contributed by atoms with van der Waals surface area (Å²) in [5.41, 5.74) is 1.43. The number of ketones is 1. The quantitative estimate of drug-likeness (QED) is 0.377. The number of amidine groups is 1. The predicted octanol–water partition coefficient (Wildman–Crippen LogP) is 5.99. The molecule has 1 aliphatic rings. The molecule has 0 aliphatic carbocycles. The van der Waals surface area contributed by atoms with Gasteiger partial charge in [-0.2, -0.15) is 0 Å². The van der Waals surface area contributed by atoms with Crippen LogP contribution in [0.4, 0.5) is 5.69 Å². The summed E-state index contributed by atoms with van der Waals surface area (Å²) >= 11 is 8.60. The van der Waals surface area contributed by atoms with E-state index < -0.39 is 0 Å². The van der Waals surface area contributed by atoms with Crippen LogP contribution >= 0.6 is 60.6 Å². The van der Waals surface area contributed by atoms with Gasteiger partial charge in [-0.05, 0) is 52.7 Å². The normalized spacial score (nSPS) is 13.2. The average Bonchev–Trinajstić information content (AvgIpc) is 2.73. The summed E-state index contributed by atoms with van der Waals surface area (Å²) in [6.07, 6.45) is 1.05. The zero-order chi connectivity index (χ0) is 20.1. The summed E-state index contributed by atoms with van der Waals surface area (Å²) in [7, 11) is 3.13. The number of methoxy groups -OCH3 is 2. The highest BCUT2D eigenvalue weighted by atomic mass is 79.9. The van der Waals surface area contributed by atoms with Crippen LogP contribution in [-0.2, 0) is 0 Å². The Hall–Kier alpha value is -1.03. The van der Waals surface area contributed by atoms with Crippen molar-refractivity contribution in [3.05, 3.63) is 50.9 Å². The Bertz CT molecular complexity index is 891. The van der Waals surface area contributed by atoms with E-state index >= 15 is 0 Å². The summed E-state index contributed by atoms with van der Waals surface area (Å²) < 4.78 is 12.4. The lowest BCUT2D eigenvalue weighted by Crippen LogP contribution is -2.35. The molecule has 1 heterocycles. The van der Waals surface area contributed by atoms with Crippen molar-refractivity contribution >= 4 is 77.2 Å². The van der Waals surface area contributed by atoms with Gasteiger partial charge in [0, 0.05) is 28.5 Å². The van der Waals surface area contributed by atoms with Gasteiger partial charge < -0.3 is 14.4 Å². The number of carbonyl (C=O) groups is 1. The van der Waals surface area contributed by atoms with E-state index in [1.807, 2.05) is 29.2 Å². The van der Waals surface area contributed by atoms with E-state index in [2.05, 4.69) is 36.9 Å². The summed E-state index contributed by atoms with van der Waals surface area (Å²) in [5, 5.41) is 0.869. The zero-order valence-electron chi connectivity index (χ0n) is 16.0. The van der Waals surface area contributed by atoms with Gasteiger partial charge in [0.25, 0.3) is 0 Å². The van der Waals surface area contributed by atoms with Gasteiger partial charge in [0.05, 0.1) is 30.8 Å². The summed E-state index contributed by atoms with van der Waals surface area (Å²) in [5.74, 6) is 2.04. The number of thioether (sulfide) groups is 1. The number of halogens is 3. The Morgan fingerprint density at radius 3 is 2.41 bits per heavy atom. The van der Waals surface area contributed by atoms with Gasteiger partial charge >= 0.3 is 0 Å². The number of ether oxygens (including phenoxy) is 2. The van der Waals surface area contributed by atoms with Crippen LogP contribution in [-0.4, -0.2) is 44.0 Å². The minimum Gasteiger partial charge on any atom is -0.496 e. The summed E-state index contributed by atoms with van der Waals surface area (Å²) in [6, 6.07) is 11.4. The molecule has 9 heteroatoms.